The molecule has 0 spiro atoms. The Balaban J connectivity index is 2.82. The highest BCUT2D eigenvalue weighted by atomic mass is 19.3. The summed E-state index contributed by atoms with van der Waals surface area (Å²) < 4.78 is 36.4. The number of hydrogen-bond donors (Lipinski definition) is 1. The Bertz CT molecular complexity index is 331. The Morgan fingerprint density at radius 2 is 2.00 bits per heavy atom. The highest BCUT2D eigenvalue weighted by Gasteiger charge is 2.16. The lowest BCUT2D eigenvalue weighted by molar-refractivity contribution is 0.231. The zero-order chi connectivity index (χ0) is 13.4. The van der Waals surface area contributed by atoms with Crippen molar-refractivity contribution in [3.8, 4) is 0 Å². The van der Waals surface area contributed by atoms with Crippen LogP contribution >= 0.6 is 0 Å². The third-order valence-corrected chi connectivity index (χ3v) is 2.83. The summed E-state index contributed by atoms with van der Waals surface area (Å²) in [5.74, 6) is 0.254. The minimum absolute atomic E-state index is 0.158. The number of halogens is 3. The molecule has 1 N–H and O–H groups in total. The SMILES string of the molecule is CCC(/N=C/C(F)F)=C(/N=C\F)NC1CCCC1. The molecule has 18 heavy (non-hydrogen) atoms. The van der Waals surface area contributed by atoms with Gasteiger partial charge < -0.3 is 5.32 Å². The standard InChI is InChI=1S/C12H18F3N3/c1-2-10(16-7-11(14)15)12(17-8-13)18-9-5-3-4-6-9/h7-9,11,18H,2-6H2,1H3/b12-10+,16-7+,17-8-. The van der Waals surface area contributed by atoms with E-state index in [1.807, 2.05) is 0 Å². The van der Waals surface area contributed by atoms with Crippen molar-refractivity contribution >= 4 is 12.7 Å². The van der Waals surface area contributed by atoms with Crippen LogP contribution in [-0.2, 0) is 0 Å². The lowest BCUT2D eigenvalue weighted by Crippen LogP contribution is -2.25. The van der Waals surface area contributed by atoms with Crippen molar-refractivity contribution in [1.29, 1.82) is 0 Å². The molecule has 0 bridgehead atoms. The molecule has 0 aliphatic heterocycles. The maximum atomic E-state index is 12.2. The number of aliphatic imine (C=N–C) groups is 2. The summed E-state index contributed by atoms with van der Waals surface area (Å²) in [6.07, 6.45) is 2.55. The first kappa shape index (κ1) is 14.7. The van der Waals surface area contributed by atoms with E-state index < -0.39 is 6.43 Å². The van der Waals surface area contributed by atoms with Gasteiger partial charge >= 0.3 is 0 Å². The summed E-state index contributed by atoms with van der Waals surface area (Å²) in [5.41, 5.74) is 0.344. The van der Waals surface area contributed by atoms with Gasteiger partial charge in [-0.3, -0.25) is 4.99 Å². The lowest BCUT2D eigenvalue weighted by Gasteiger charge is -2.15. The van der Waals surface area contributed by atoms with Crippen LogP contribution in [0.1, 0.15) is 39.0 Å². The number of nitrogens with zero attached hydrogens (tertiary/aromatic N) is 2. The second-order valence-corrected chi connectivity index (χ2v) is 4.11. The Kier molecular flexibility index (Phi) is 6.46. The van der Waals surface area contributed by atoms with Crippen molar-refractivity contribution in [1.82, 2.24) is 5.32 Å². The molecule has 0 unspecified atom stereocenters. The van der Waals surface area contributed by atoms with Gasteiger partial charge in [0.05, 0.1) is 11.9 Å². The zero-order valence-electron chi connectivity index (χ0n) is 10.4. The molecule has 1 rings (SSSR count). The maximum absolute atomic E-state index is 12.2. The molecule has 0 aromatic heterocycles. The first-order valence-electron chi connectivity index (χ1n) is 6.12. The first-order valence-corrected chi connectivity index (χ1v) is 6.12. The molecule has 0 heterocycles. The minimum atomic E-state index is -2.62. The van der Waals surface area contributed by atoms with Crippen molar-refractivity contribution in [2.75, 3.05) is 0 Å². The van der Waals surface area contributed by atoms with E-state index in [2.05, 4.69) is 15.3 Å². The van der Waals surface area contributed by atoms with E-state index in [0.717, 1.165) is 25.7 Å². The van der Waals surface area contributed by atoms with Crippen LogP contribution in [0.5, 0.6) is 0 Å². The van der Waals surface area contributed by atoms with Crippen molar-refractivity contribution < 1.29 is 13.2 Å². The molecule has 0 saturated heterocycles. The van der Waals surface area contributed by atoms with Crippen LogP contribution in [0, 0.1) is 0 Å². The second-order valence-electron chi connectivity index (χ2n) is 4.11. The molecule has 0 aromatic carbocycles. The van der Waals surface area contributed by atoms with E-state index in [0.29, 0.717) is 18.3 Å². The second kappa shape index (κ2) is 7.89. The zero-order valence-corrected chi connectivity index (χ0v) is 10.4. The normalized spacial score (nSPS) is 19.2. The van der Waals surface area contributed by atoms with Crippen molar-refractivity contribution in [3.63, 3.8) is 0 Å². The van der Waals surface area contributed by atoms with Crippen LogP contribution < -0.4 is 5.32 Å². The highest BCUT2D eigenvalue weighted by molar-refractivity contribution is 5.62. The van der Waals surface area contributed by atoms with Gasteiger partial charge in [-0.05, 0) is 19.3 Å². The van der Waals surface area contributed by atoms with Gasteiger partial charge in [0, 0.05) is 6.04 Å². The molecule has 0 amide bonds. The van der Waals surface area contributed by atoms with Gasteiger partial charge in [0.1, 0.15) is 0 Å². The molecule has 1 aliphatic rings. The van der Waals surface area contributed by atoms with Crippen molar-refractivity contribution in [3.05, 3.63) is 11.5 Å². The third-order valence-electron chi connectivity index (χ3n) is 2.83. The molecule has 0 aromatic rings. The van der Waals surface area contributed by atoms with Gasteiger partial charge in [0.25, 0.3) is 6.43 Å². The third kappa shape index (κ3) is 4.89. The average Bonchev–Trinajstić information content (AvgIpc) is 2.82. The van der Waals surface area contributed by atoms with Crippen molar-refractivity contribution in [2.24, 2.45) is 9.98 Å². The summed E-state index contributed by atoms with van der Waals surface area (Å²) >= 11 is 0. The van der Waals surface area contributed by atoms with Crippen LogP contribution in [0.3, 0.4) is 0 Å². The number of allylic oxidation sites excluding steroid dienone is 1. The van der Waals surface area contributed by atoms with E-state index in [4.69, 9.17) is 0 Å². The highest BCUT2D eigenvalue weighted by Crippen LogP contribution is 2.20. The maximum Gasteiger partial charge on any atom is 0.273 e. The van der Waals surface area contributed by atoms with Gasteiger partial charge in [-0.2, -0.15) is 4.39 Å². The van der Waals surface area contributed by atoms with Crippen LogP contribution in [0.2, 0.25) is 0 Å². The molecule has 1 aliphatic carbocycles. The van der Waals surface area contributed by atoms with Crippen LogP contribution in [0.4, 0.5) is 13.2 Å². The van der Waals surface area contributed by atoms with Gasteiger partial charge in [-0.1, -0.05) is 19.8 Å². The Morgan fingerprint density at radius 1 is 1.33 bits per heavy atom. The number of nitrogens with one attached hydrogen (secondary N) is 1. The summed E-state index contributed by atoms with van der Waals surface area (Å²) in [5, 5.41) is 3.07. The summed E-state index contributed by atoms with van der Waals surface area (Å²) in [6, 6.07) is 0.229. The van der Waals surface area contributed by atoms with Crippen LogP contribution in [0.15, 0.2) is 21.5 Å². The van der Waals surface area contributed by atoms with E-state index >= 15 is 0 Å². The van der Waals surface area contributed by atoms with Gasteiger partial charge in [-0.25, -0.2) is 13.8 Å². The largest absolute Gasteiger partial charge is 0.366 e. The average molecular weight is 261 g/mol. The Morgan fingerprint density at radius 3 is 2.50 bits per heavy atom. The predicted octanol–water partition coefficient (Wildman–Crippen LogP) is 3.43. The summed E-state index contributed by atoms with van der Waals surface area (Å²) in [6.45, 7) is 1.92. The molecular weight excluding hydrogens is 243 g/mol. The van der Waals surface area contributed by atoms with Gasteiger partial charge in [-0.15, -0.1) is 0 Å². The Labute approximate surface area is 105 Å². The lowest BCUT2D eigenvalue weighted by atomic mass is 10.2. The first-order chi connectivity index (χ1) is 8.67. The van der Waals surface area contributed by atoms with E-state index in [1.165, 1.54) is 0 Å². The van der Waals surface area contributed by atoms with E-state index in [-0.39, 0.29) is 18.3 Å². The molecular formula is C12H18F3N3. The molecule has 1 fully saturated rings. The predicted molar refractivity (Wildman–Crippen MR) is 66.8 cm³/mol. The molecule has 3 nitrogen and oxygen atoms in total. The van der Waals surface area contributed by atoms with Crippen LogP contribution in [0.25, 0.3) is 0 Å². The fourth-order valence-corrected chi connectivity index (χ4v) is 1.97. The molecule has 0 radical (unpaired) electrons. The smallest absolute Gasteiger partial charge is 0.273 e. The fourth-order valence-electron chi connectivity index (χ4n) is 1.97. The molecule has 6 heteroatoms. The number of hydrogen-bond acceptors (Lipinski definition) is 3. The molecule has 0 atom stereocenters. The Hall–Kier alpha value is -1.33. The van der Waals surface area contributed by atoms with Crippen LogP contribution in [-0.4, -0.2) is 25.2 Å². The fraction of sp³-hybridized carbons (Fsp3) is 0.667. The number of alkyl halides is 2. The molecule has 1 saturated carbocycles. The number of rotatable bonds is 6. The topological polar surface area (TPSA) is 36.8 Å². The monoisotopic (exact) mass is 261 g/mol. The van der Waals surface area contributed by atoms with E-state index in [9.17, 15) is 13.2 Å². The van der Waals surface area contributed by atoms with Gasteiger partial charge in [0.15, 0.2) is 12.3 Å². The quantitative estimate of drug-likeness (QED) is 0.731. The van der Waals surface area contributed by atoms with Crippen molar-refractivity contribution in [2.45, 2.75) is 51.5 Å². The summed E-state index contributed by atoms with van der Waals surface area (Å²) in [4.78, 5) is 7.22. The minimum Gasteiger partial charge on any atom is -0.366 e. The van der Waals surface area contributed by atoms with E-state index in [1.54, 1.807) is 6.92 Å². The summed E-state index contributed by atoms with van der Waals surface area (Å²) in [7, 11) is 0. The van der Waals surface area contributed by atoms with Gasteiger partial charge in [0.2, 0.25) is 0 Å². The molecule has 102 valence electrons.